The molecule has 48 heavy (non-hydrogen) atoms. The van der Waals surface area contributed by atoms with Crippen molar-refractivity contribution < 1.29 is 28.9 Å². The number of nitrogens with zero attached hydrogens (tertiary/aromatic N) is 5. The molecule has 1 aliphatic heterocycles. The molecule has 1 aliphatic rings. The molecule has 3 heterocycles. The smallest absolute Gasteiger partial charge is 0.410 e. The molecule has 0 unspecified atom stereocenters. The summed E-state index contributed by atoms with van der Waals surface area (Å²) in [5.41, 5.74) is 3.41. The predicted octanol–water partition coefficient (Wildman–Crippen LogP) is 8.54. The molecular formula is C34H53N5O6SSi2. The number of carboxylic acid groups (broad SMARTS) is 1. The van der Waals surface area contributed by atoms with Crippen molar-refractivity contribution in [3.05, 3.63) is 47.5 Å². The maximum absolute atomic E-state index is 13.2. The average Bonchev–Trinajstić information content (AvgIpc) is 3.73. The lowest BCUT2D eigenvalue weighted by molar-refractivity contribution is 0.0204. The second-order valence-electron chi connectivity index (χ2n) is 15.8. The molecule has 11 nitrogen and oxygen atoms in total. The van der Waals surface area contributed by atoms with Crippen molar-refractivity contribution in [2.24, 2.45) is 0 Å². The number of thiazole rings is 1. The van der Waals surface area contributed by atoms with Crippen LogP contribution in [0.4, 0.5) is 15.5 Å². The number of ether oxygens (including phenoxy) is 3. The van der Waals surface area contributed by atoms with Crippen LogP contribution in [0.2, 0.25) is 51.4 Å². The highest BCUT2D eigenvalue weighted by Crippen LogP contribution is 2.36. The van der Waals surface area contributed by atoms with Crippen molar-refractivity contribution >= 4 is 50.2 Å². The SMILES string of the molecule is CC(C)(C)OC(=O)N1CCC[C@H]1c1nc(-c2ccc(N(COCC[Si](C)(C)C)c3scnc3C(=O)O)cc2)cn1COCC[Si](C)(C)C. The largest absolute Gasteiger partial charge is 0.476 e. The van der Waals surface area contributed by atoms with Crippen molar-refractivity contribution in [2.45, 2.75) is 103 Å². The van der Waals surface area contributed by atoms with E-state index < -0.39 is 27.7 Å². The number of rotatable bonds is 15. The summed E-state index contributed by atoms with van der Waals surface area (Å²) in [5, 5.41) is 10.3. The Morgan fingerprint density at radius 1 is 1.02 bits per heavy atom. The summed E-state index contributed by atoms with van der Waals surface area (Å²) in [6, 6.07) is 9.71. The minimum atomic E-state index is -1.29. The predicted molar refractivity (Wildman–Crippen MR) is 197 cm³/mol. The summed E-state index contributed by atoms with van der Waals surface area (Å²) in [5.74, 6) is -0.300. The molecule has 1 fully saturated rings. The zero-order chi connectivity index (χ0) is 35.3. The van der Waals surface area contributed by atoms with Gasteiger partial charge in [-0.3, -0.25) is 4.90 Å². The van der Waals surface area contributed by atoms with Gasteiger partial charge in [0.15, 0.2) is 5.69 Å². The van der Waals surface area contributed by atoms with Crippen molar-refractivity contribution in [3.63, 3.8) is 0 Å². The van der Waals surface area contributed by atoms with Gasteiger partial charge in [0, 0.05) is 53.4 Å². The van der Waals surface area contributed by atoms with Gasteiger partial charge in [0.25, 0.3) is 0 Å². The third-order valence-corrected chi connectivity index (χ3v) is 12.2. The number of aromatic carboxylic acids is 1. The number of benzene rings is 1. The maximum Gasteiger partial charge on any atom is 0.410 e. The Hall–Kier alpha value is -3.05. The van der Waals surface area contributed by atoms with Gasteiger partial charge in [-0.25, -0.2) is 19.6 Å². The average molecular weight is 716 g/mol. The molecule has 1 N–H and O–H groups in total. The first-order chi connectivity index (χ1) is 22.4. The van der Waals surface area contributed by atoms with Gasteiger partial charge in [-0.05, 0) is 57.8 Å². The molecule has 0 bridgehead atoms. The number of likely N-dealkylation sites (tertiary alicyclic amines) is 1. The third kappa shape index (κ3) is 10.7. The molecule has 0 aliphatic carbocycles. The van der Waals surface area contributed by atoms with Crippen LogP contribution < -0.4 is 4.90 Å². The Labute approximate surface area is 291 Å². The number of carboxylic acids is 1. The highest BCUT2D eigenvalue weighted by Gasteiger charge is 2.36. The van der Waals surface area contributed by atoms with Crippen molar-refractivity contribution in [2.75, 3.05) is 31.4 Å². The van der Waals surface area contributed by atoms with Crippen LogP contribution in [0.25, 0.3) is 11.3 Å². The van der Waals surface area contributed by atoms with Gasteiger partial charge in [0.2, 0.25) is 0 Å². The topological polar surface area (TPSA) is 119 Å². The number of amides is 1. The van der Waals surface area contributed by atoms with Crippen LogP contribution in [-0.2, 0) is 20.9 Å². The number of aromatic nitrogens is 3. The fraction of sp³-hybridized carbons (Fsp3) is 0.588. The molecular weight excluding hydrogens is 663 g/mol. The van der Waals surface area contributed by atoms with E-state index in [4.69, 9.17) is 19.2 Å². The Morgan fingerprint density at radius 2 is 1.67 bits per heavy atom. The zero-order valence-corrected chi connectivity index (χ0v) is 32.9. The minimum Gasteiger partial charge on any atom is -0.476 e. The van der Waals surface area contributed by atoms with Crippen LogP contribution in [-0.4, -0.2) is 84.8 Å². The molecule has 1 aromatic carbocycles. The maximum atomic E-state index is 13.2. The van der Waals surface area contributed by atoms with Gasteiger partial charge in [-0.1, -0.05) is 51.4 Å². The minimum absolute atomic E-state index is 0.00138. The molecule has 0 spiro atoms. The van der Waals surface area contributed by atoms with Gasteiger partial charge in [0.1, 0.15) is 29.9 Å². The van der Waals surface area contributed by atoms with Crippen LogP contribution >= 0.6 is 11.3 Å². The Balaban J connectivity index is 1.62. The van der Waals surface area contributed by atoms with Gasteiger partial charge in [0.05, 0.1) is 17.2 Å². The van der Waals surface area contributed by atoms with Crippen LogP contribution in [0.15, 0.2) is 36.0 Å². The first-order valence-corrected chi connectivity index (χ1v) is 25.0. The van der Waals surface area contributed by atoms with E-state index in [9.17, 15) is 14.7 Å². The van der Waals surface area contributed by atoms with Crippen LogP contribution in [0, 0.1) is 0 Å². The summed E-state index contributed by atoms with van der Waals surface area (Å²) < 4.78 is 20.0. The van der Waals surface area contributed by atoms with E-state index in [1.54, 1.807) is 10.4 Å². The molecule has 1 saturated heterocycles. The number of anilines is 2. The molecule has 264 valence electrons. The monoisotopic (exact) mass is 715 g/mol. The molecule has 2 aromatic heterocycles. The van der Waals surface area contributed by atoms with E-state index in [0.717, 1.165) is 47.7 Å². The molecule has 0 saturated carbocycles. The van der Waals surface area contributed by atoms with Crippen LogP contribution in [0.1, 0.15) is 56.0 Å². The van der Waals surface area contributed by atoms with Gasteiger partial charge in [-0.2, -0.15) is 0 Å². The Bertz CT molecular complexity index is 1520. The first kappa shape index (κ1) is 37.8. The third-order valence-electron chi connectivity index (χ3n) is 7.90. The number of hydrogen-bond donors (Lipinski definition) is 1. The summed E-state index contributed by atoms with van der Waals surface area (Å²) >= 11 is 1.27. The van der Waals surface area contributed by atoms with E-state index in [1.165, 1.54) is 11.3 Å². The second kappa shape index (κ2) is 15.7. The van der Waals surface area contributed by atoms with Crippen LogP contribution in [0.5, 0.6) is 0 Å². The van der Waals surface area contributed by atoms with E-state index in [0.29, 0.717) is 31.5 Å². The normalized spacial score (nSPS) is 15.6. The highest BCUT2D eigenvalue weighted by molar-refractivity contribution is 7.14. The van der Waals surface area contributed by atoms with Crippen molar-refractivity contribution in [1.82, 2.24) is 19.4 Å². The lowest BCUT2D eigenvalue weighted by Crippen LogP contribution is -2.37. The zero-order valence-electron chi connectivity index (χ0n) is 30.0. The summed E-state index contributed by atoms with van der Waals surface area (Å²) in [6.07, 6.45) is 3.31. The van der Waals surface area contributed by atoms with E-state index in [-0.39, 0.29) is 24.6 Å². The Kier molecular flexibility index (Phi) is 12.3. The number of carbonyl (C=O) groups is 2. The first-order valence-electron chi connectivity index (χ1n) is 16.7. The quantitative estimate of drug-likeness (QED) is 0.0938. The second-order valence-corrected chi connectivity index (χ2v) is 27.8. The van der Waals surface area contributed by atoms with E-state index >= 15 is 0 Å². The standard InChI is InChI=1S/C34H53N5O6SSi2/c1-34(2,3)45-33(42)38-16-10-11-28(38)30-36-27(21-37(30)23-43-17-19-47(4,5)6)25-12-14-26(15-13-25)39(24-44-18-20-48(7,8)9)31-29(32(40)41)35-22-46-31/h12-15,21-22,28H,10-11,16-20,23-24H2,1-9H3,(H,40,41)/t28-/m0/s1. The lowest BCUT2D eigenvalue weighted by Gasteiger charge is -2.28. The van der Waals surface area contributed by atoms with Crippen LogP contribution in [0.3, 0.4) is 0 Å². The molecule has 14 heteroatoms. The molecule has 1 amide bonds. The lowest BCUT2D eigenvalue weighted by atomic mass is 10.1. The number of imidazole rings is 1. The summed E-state index contributed by atoms with van der Waals surface area (Å²) in [7, 11) is -2.56. The van der Waals surface area contributed by atoms with Gasteiger partial charge < -0.3 is 28.8 Å². The number of carbonyl (C=O) groups excluding carboxylic acids is 1. The Morgan fingerprint density at radius 3 is 2.27 bits per heavy atom. The van der Waals surface area contributed by atoms with Gasteiger partial charge >= 0.3 is 12.1 Å². The van der Waals surface area contributed by atoms with E-state index in [1.807, 2.05) is 60.7 Å². The fourth-order valence-electron chi connectivity index (χ4n) is 5.23. The molecule has 3 aromatic rings. The fourth-order valence-corrected chi connectivity index (χ4v) is 7.54. The van der Waals surface area contributed by atoms with Crippen molar-refractivity contribution in [1.29, 1.82) is 0 Å². The highest BCUT2D eigenvalue weighted by atomic mass is 32.1. The van der Waals surface area contributed by atoms with Crippen molar-refractivity contribution in [3.8, 4) is 11.3 Å². The molecule has 4 rings (SSSR count). The number of hydrogen-bond acceptors (Lipinski definition) is 9. The summed E-state index contributed by atoms with van der Waals surface area (Å²) in [4.78, 5) is 38.0. The van der Waals surface area contributed by atoms with Gasteiger partial charge in [-0.15, -0.1) is 11.3 Å². The van der Waals surface area contributed by atoms with E-state index in [2.05, 4.69) is 44.3 Å². The molecule has 1 atom stereocenters. The molecule has 0 radical (unpaired) electrons. The summed E-state index contributed by atoms with van der Waals surface area (Å²) in [6.45, 7) is 22.0.